The van der Waals surface area contributed by atoms with E-state index in [1.807, 2.05) is 18.2 Å². The minimum absolute atomic E-state index is 0.149. The van der Waals surface area contributed by atoms with Gasteiger partial charge < -0.3 is 5.32 Å². The summed E-state index contributed by atoms with van der Waals surface area (Å²) in [7, 11) is -2.87. The van der Waals surface area contributed by atoms with Crippen LogP contribution in [0.1, 0.15) is 25.7 Å². The summed E-state index contributed by atoms with van der Waals surface area (Å²) in [6, 6.07) is 6.11. The monoisotopic (exact) mass is 254 g/mol. The van der Waals surface area contributed by atoms with Crippen LogP contribution in [0.15, 0.2) is 24.4 Å². The van der Waals surface area contributed by atoms with Crippen molar-refractivity contribution in [2.24, 2.45) is 0 Å². The van der Waals surface area contributed by atoms with Gasteiger partial charge in [0.2, 0.25) is 0 Å². The Kier molecular flexibility index (Phi) is 3.66. The van der Waals surface area contributed by atoms with Crippen LogP contribution in [0.2, 0.25) is 0 Å². The molecule has 94 valence electrons. The van der Waals surface area contributed by atoms with E-state index in [1.165, 1.54) is 6.26 Å². The zero-order chi connectivity index (χ0) is 12.3. The average Bonchev–Trinajstić information content (AvgIpc) is 2.30. The second kappa shape index (κ2) is 5.04. The van der Waals surface area contributed by atoms with Crippen LogP contribution >= 0.6 is 0 Å². The molecule has 1 aliphatic rings. The molecule has 0 saturated heterocycles. The van der Waals surface area contributed by atoms with Crippen molar-refractivity contribution in [1.29, 1.82) is 0 Å². The van der Waals surface area contributed by atoms with Crippen LogP contribution in [0.3, 0.4) is 0 Å². The van der Waals surface area contributed by atoms with E-state index in [9.17, 15) is 8.42 Å². The van der Waals surface area contributed by atoms with Gasteiger partial charge in [-0.15, -0.1) is 0 Å². The molecule has 1 fully saturated rings. The number of nitrogens with zero attached hydrogens (tertiary/aromatic N) is 1. The number of rotatable bonds is 3. The molecule has 1 aromatic rings. The van der Waals surface area contributed by atoms with Crippen molar-refractivity contribution in [3.63, 3.8) is 0 Å². The summed E-state index contributed by atoms with van der Waals surface area (Å²) in [5, 5.41) is 3.20. The van der Waals surface area contributed by atoms with Gasteiger partial charge in [-0.2, -0.15) is 0 Å². The second-order valence-corrected chi connectivity index (χ2v) is 6.99. The molecule has 17 heavy (non-hydrogen) atoms. The number of aromatic nitrogens is 1. The smallest absolute Gasteiger partial charge is 0.150 e. The largest absolute Gasteiger partial charge is 0.367 e. The van der Waals surface area contributed by atoms with Gasteiger partial charge in [0.1, 0.15) is 15.7 Å². The highest BCUT2D eigenvalue weighted by atomic mass is 32.2. The summed E-state index contributed by atoms with van der Waals surface area (Å²) in [6.07, 6.45) is 6.39. The third-order valence-electron chi connectivity index (χ3n) is 3.30. The fourth-order valence-corrected chi connectivity index (χ4v) is 3.42. The van der Waals surface area contributed by atoms with E-state index in [4.69, 9.17) is 0 Å². The summed E-state index contributed by atoms with van der Waals surface area (Å²) >= 11 is 0. The van der Waals surface area contributed by atoms with Gasteiger partial charge in [-0.1, -0.05) is 6.07 Å². The Balaban J connectivity index is 1.88. The van der Waals surface area contributed by atoms with Gasteiger partial charge in [0.05, 0.1) is 5.25 Å². The number of sulfone groups is 1. The standard InChI is InChI=1S/C12H18N2O2S/c1-17(15,16)11-7-5-10(6-8-11)14-12-4-2-3-9-13-12/h2-4,9-11H,5-8H2,1H3,(H,13,14). The van der Waals surface area contributed by atoms with Gasteiger partial charge in [0.15, 0.2) is 0 Å². The van der Waals surface area contributed by atoms with Crippen molar-refractivity contribution in [2.75, 3.05) is 11.6 Å². The van der Waals surface area contributed by atoms with Gasteiger partial charge in [0, 0.05) is 18.5 Å². The molecule has 0 aromatic carbocycles. The normalized spacial score (nSPS) is 25.5. The molecule has 0 unspecified atom stereocenters. The van der Waals surface area contributed by atoms with Crippen molar-refractivity contribution >= 4 is 15.7 Å². The minimum Gasteiger partial charge on any atom is -0.367 e. The third kappa shape index (κ3) is 3.43. The van der Waals surface area contributed by atoms with Crippen LogP contribution in [0, 0.1) is 0 Å². The third-order valence-corrected chi connectivity index (χ3v) is 4.98. The molecule has 1 aromatic heterocycles. The van der Waals surface area contributed by atoms with Gasteiger partial charge in [-0.05, 0) is 37.8 Å². The van der Waals surface area contributed by atoms with Crippen molar-refractivity contribution < 1.29 is 8.42 Å². The van der Waals surface area contributed by atoms with E-state index in [2.05, 4.69) is 10.3 Å². The Morgan fingerprint density at radius 1 is 1.24 bits per heavy atom. The Morgan fingerprint density at radius 3 is 2.47 bits per heavy atom. The molecule has 4 nitrogen and oxygen atoms in total. The molecule has 0 amide bonds. The molecule has 1 heterocycles. The molecule has 0 spiro atoms. The van der Waals surface area contributed by atoms with Gasteiger partial charge in [0.25, 0.3) is 0 Å². The lowest BCUT2D eigenvalue weighted by atomic mass is 9.95. The van der Waals surface area contributed by atoms with Crippen molar-refractivity contribution in [3.8, 4) is 0 Å². The number of hydrogen-bond donors (Lipinski definition) is 1. The summed E-state index contributed by atoms with van der Waals surface area (Å²) < 4.78 is 22.8. The van der Waals surface area contributed by atoms with Crippen LogP contribution in [0.5, 0.6) is 0 Å². The summed E-state index contributed by atoms with van der Waals surface area (Å²) in [6.45, 7) is 0. The Bertz CT molecular complexity index is 451. The number of pyridine rings is 1. The maximum Gasteiger partial charge on any atom is 0.150 e. The Hall–Kier alpha value is -1.10. The van der Waals surface area contributed by atoms with Gasteiger partial charge >= 0.3 is 0 Å². The fourth-order valence-electron chi connectivity index (χ4n) is 2.29. The Morgan fingerprint density at radius 2 is 1.94 bits per heavy atom. The summed E-state index contributed by atoms with van der Waals surface area (Å²) in [4.78, 5) is 4.21. The van der Waals surface area contributed by atoms with Crippen LogP contribution in [-0.4, -0.2) is 30.9 Å². The van der Waals surface area contributed by atoms with Crippen LogP contribution in [-0.2, 0) is 9.84 Å². The number of hydrogen-bond acceptors (Lipinski definition) is 4. The van der Waals surface area contributed by atoms with Gasteiger partial charge in [-0.25, -0.2) is 13.4 Å². The number of nitrogens with one attached hydrogen (secondary N) is 1. The molecular weight excluding hydrogens is 236 g/mol. The van der Waals surface area contributed by atoms with E-state index in [1.54, 1.807) is 6.20 Å². The molecular formula is C12H18N2O2S. The molecule has 0 bridgehead atoms. The van der Waals surface area contributed by atoms with Crippen LogP contribution in [0.4, 0.5) is 5.82 Å². The molecule has 1 saturated carbocycles. The highest BCUT2D eigenvalue weighted by Crippen LogP contribution is 2.25. The van der Waals surface area contributed by atoms with Crippen molar-refractivity contribution in [2.45, 2.75) is 37.0 Å². The Labute approximate surface area is 102 Å². The molecule has 1 aliphatic carbocycles. The van der Waals surface area contributed by atoms with Crippen molar-refractivity contribution in [1.82, 2.24) is 4.98 Å². The van der Waals surface area contributed by atoms with Gasteiger partial charge in [-0.3, -0.25) is 0 Å². The van der Waals surface area contributed by atoms with Crippen LogP contribution < -0.4 is 5.32 Å². The SMILES string of the molecule is CS(=O)(=O)C1CCC(Nc2ccccn2)CC1. The molecule has 0 radical (unpaired) electrons. The first-order valence-electron chi connectivity index (χ1n) is 5.92. The van der Waals surface area contributed by atoms with Crippen molar-refractivity contribution in [3.05, 3.63) is 24.4 Å². The molecule has 0 atom stereocenters. The minimum atomic E-state index is -2.87. The van der Waals surface area contributed by atoms with E-state index in [0.717, 1.165) is 31.5 Å². The zero-order valence-corrected chi connectivity index (χ0v) is 10.8. The van der Waals surface area contributed by atoms with E-state index >= 15 is 0 Å². The van der Waals surface area contributed by atoms with E-state index in [0.29, 0.717) is 6.04 Å². The molecule has 1 N–H and O–H groups in total. The fraction of sp³-hybridized carbons (Fsp3) is 0.583. The van der Waals surface area contributed by atoms with Crippen LogP contribution in [0.25, 0.3) is 0 Å². The lowest BCUT2D eigenvalue weighted by Gasteiger charge is -2.28. The predicted octanol–water partition coefficient (Wildman–Crippen LogP) is 1.85. The number of anilines is 1. The topological polar surface area (TPSA) is 59.1 Å². The lowest BCUT2D eigenvalue weighted by molar-refractivity contribution is 0.453. The molecule has 0 aliphatic heterocycles. The highest BCUT2D eigenvalue weighted by molar-refractivity contribution is 7.91. The zero-order valence-electron chi connectivity index (χ0n) is 9.96. The summed E-state index contributed by atoms with van der Waals surface area (Å²) in [5.74, 6) is 0.871. The predicted molar refractivity (Wildman–Crippen MR) is 68.7 cm³/mol. The molecule has 5 heteroatoms. The molecule has 2 rings (SSSR count). The highest BCUT2D eigenvalue weighted by Gasteiger charge is 2.27. The average molecular weight is 254 g/mol. The second-order valence-electron chi connectivity index (χ2n) is 4.66. The first kappa shape index (κ1) is 12.4. The first-order valence-corrected chi connectivity index (χ1v) is 7.87. The van der Waals surface area contributed by atoms with E-state index in [-0.39, 0.29) is 5.25 Å². The quantitative estimate of drug-likeness (QED) is 0.894. The maximum absolute atomic E-state index is 11.4. The first-order chi connectivity index (χ1) is 8.05. The summed E-state index contributed by atoms with van der Waals surface area (Å²) in [5.41, 5.74) is 0. The lowest BCUT2D eigenvalue weighted by Crippen LogP contribution is -2.32. The maximum atomic E-state index is 11.4. The van der Waals surface area contributed by atoms with E-state index < -0.39 is 9.84 Å².